The Labute approximate surface area is 225 Å². The molecule has 2 aromatic heterocycles. The van der Waals surface area contributed by atoms with Crippen molar-refractivity contribution in [2.24, 2.45) is 7.05 Å². The van der Waals surface area contributed by atoms with Crippen LogP contribution in [0, 0.1) is 11.8 Å². The molecule has 0 aromatic carbocycles. The minimum atomic E-state index is -1.29. The molecule has 1 N–H and O–H groups in total. The molecular weight excluding hydrogens is 508 g/mol. The number of rotatable bonds is 6. The van der Waals surface area contributed by atoms with E-state index in [0.29, 0.717) is 13.0 Å². The van der Waals surface area contributed by atoms with Gasteiger partial charge in [-0.1, -0.05) is 18.8 Å². The highest BCUT2D eigenvalue weighted by Crippen LogP contribution is 2.27. The van der Waals surface area contributed by atoms with Gasteiger partial charge in [-0.25, -0.2) is 19.0 Å². The second-order valence-electron chi connectivity index (χ2n) is 10.0. The smallest absolute Gasteiger partial charge is 0.338 e. The number of esters is 2. The quantitative estimate of drug-likeness (QED) is 0.379. The summed E-state index contributed by atoms with van der Waals surface area (Å²) in [6, 6.07) is -0.260. The van der Waals surface area contributed by atoms with Crippen LogP contribution in [0.5, 0.6) is 6.01 Å². The lowest BCUT2D eigenvalue weighted by Gasteiger charge is -2.30. The van der Waals surface area contributed by atoms with Crippen LogP contribution < -0.4 is 16.0 Å². The number of aliphatic hydroxyl groups is 1. The molecule has 2 atom stereocenters. The predicted octanol–water partition coefficient (Wildman–Crippen LogP) is -0.394. The number of hydrogen-bond donors (Lipinski definition) is 1. The Balaban J connectivity index is 1.57. The van der Waals surface area contributed by atoms with Crippen LogP contribution in [0.25, 0.3) is 11.2 Å². The van der Waals surface area contributed by atoms with Gasteiger partial charge in [-0.05, 0) is 26.8 Å². The normalized spacial score (nSPS) is 21.0. The van der Waals surface area contributed by atoms with Crippen LogP contribution in [-0.2, 0) is 27.9 Å². The molecule has 39 heavy (non-hydrogen) atoms. The van der Waals surface area contributed by atoms with E-state index in [0.717, 1.165) is 42.9 Å². The van der Waals surface area contributed by atoms with E-state index >= 15 is 0 Å². The van der Waals surface area contributed by atoms with E-state index < -0.39 is 35.0 Å². The minimum absolute atomic E-state index is 0.00938. The van der Waals surface area contributed by atoms with E-state index in [1.165, 1.54) is 16.2 Å². The van der Waals surface area contributed by atoms with Gasteiger partial charge in [-0.3, -0.25) is 18.8 Å². The standard InChI is InChI=1S/C26H34N6O7/c1-5-18-32-21-22(27-24(32)39-20(34)9-8-19(33)38-18)29(4)25(36)31(23(21)35)13-7-11-26(2,37)10-6-12-30-16-14-28(3)15-17-30/h8-9,18,37H,5,7,11-17H2,1-4H3/b9-8+. The first-order valence-electron chi connectivity index (χ1n) is 13.0. The van der Waals surface area contributed by atoms with Crippen molar-refractivity contribution in [2.45, 2.75) is 51.5 Å². The number of aryl methyl sites for hydroxylation is 1. The molecule has 4 rings (SSSR count). The molecule has 4 heterocycles. The highest BCUT2D eigenvalue weighted by atomic mass is 16.6. The minimum Gasteiger partial charge on any atom is -0.438 e. The lowest BCUT2D eigenvalue weighted by molar-refractivity contribution is -0.147. The van der Waals surface area contributed by atoms with Gasteiger partial charge in [0.15, 0.2) is 17.4 Å². The lowest BCUT2D eigenvalue weighted by Crippen LogP contribution is -2.44. The van der Waals surface area contributed by atoms with Crippen LogP contribution in [0.3, 0.4) is 0 Å². The molecule has 1 saturated heterocycles. The van der Waals surface area contributed by atoms with E-state index in [1.54, 1.807) is 13.8 Å². The molecular formula is C26H34N6O7. The zero-order chi connectivity index (χ0) is 28.3. The van der Waals surface area contributed by atoms with Gasteiger partial charge in [0.25, 0.3) is 5.56 Å². The zero-order valence-electron chi connectivity index (χ0n) is 22.7. The molecule has 2 aliphatic heterocycles. The van der Waals surface area contributed by atoms with Crippen molar-refractivity contribution in [3.05, 3.63) is 33.0 Å². The molecule has 0 amide bonds. The Hall–Kier alpha value is -3.73. The summed E-state index contributed by atoms with van der Waals surface area (Å²) in [5.74, 6) is 4.31. The largest absolute Gasteiger partial charge is 0.438 e. The molecule has 0 spiro atoms. The highest BCUT2D eigenvalue weighted by Gasteiger charge is 2.29. The van der Waals surface area contributed by atoms with Crippen molar-refractivity contribution in [3.63, 3.8) is 0 Å². The van der Waals surface area contributed by atoms with Gasteiger partial charge in [0.1, 0.15) is 5.60 Å². The fraction of sp³-hybridized carbons (Fsp3) is 0.577. The predicted molar refractivity (Wildman–Crippen MR) is 141 cm³/mol. The number of piperazine rings is 1. The summed E-state index contributed by atoms with van der Waals surface area (Å²) < 4.78 is 14.1. The van der Waals surface area contributed by atoms with E-state index in [9.17, 15) is 24.3 Å². The number of ether oxygens (including phenoxy) is 2. The molecule has 0 aliphatic carbocycles. The fourth-order valence-electron chi connectivity index (χ4n) is 4.60. The summed E-state index contributed by atoms with van der Waals surface area (Å²) in [6.45, 7) is 7.72. The second kappa shape index (κ2) is 11.6. The number of nitrogens with zero attached hydrogens (tertiary/aromatic N) is 6. The first-order valence-corrected chi connectivity index (χ1v) is 13.0. The molecule has 2 aliphatic rings. The first kappa shape index (κ1) is 28.3. The van der Waals surface area contributed by atoms with Crippen molar-refractivity contribution < 1.29 is 24.2 Å². The van der Waals surface area contributed by atoms with Gasteiger partial charge < -0.3 is 19.5 Å². The summed E-state index contributed by atoms with van der Waals surface area (Å²) in [7, 11) is 3.53. The van der Waals surface area contributed by atoms with Crippen LogP contribution in [0.2, 0.25) is 0 Å². The summed E-state index contributed by atoms with van der Waals surface area (Å²) >= 11 is 0. The number of hydrogen-bond acceptors (Lipinski definition) is 10. The number of aromatic nitrogens is 4. The van der Waals surface area contributed by atoms with Crippen LogP contribution in [-0.4, -0.2) is 90.9 Å². The van der Waals surface area contributed by atoms with Crippen LogP contribution >= 0.6 is 0 Å². The third-order valence-corrected chi connectivity index (χ3v) is 6.88. The van der Waals surface area contributed by atoms with Crippen LogP contribution in [0.1, 0.15) is 39.3 Å². The summed E-state index contributed by atoms with van der Waals surface area (Å²) in [5.41, 5.74) is -2.64. The number of carbonyl (C=O) groups excluding carboxylic acids is 2. The van der Waals surface area contributed by atoms with Gasteiger partial charge in [0.05, 0.1) is 6.54 Å². The lowest BCUT2D eigenvalue weighted by atomic mass is 10.0. The number of likely N-dealkylation sites (N-methyl/N-ethyl adjacent to an activating group) is 1. The maximum Gasteiger partial charge on any atom is 0.338 e. The van der Waals surface area contributed by atoms with Gasteiger partial charge in [-0.15, -0.1) is 0 Å². The molecule has 2 unspecified atom stereocenters. The van der Waals surface area contributed by atoms with E-state index in [1.807, 2.05) is 0 Å². The number of fused-ring (bicyclic) bond motifs is 3. The number of imidazole rings is 1. The van der Waals surface area contributed by atoms with Gasteiger partial charge >= 0.3 is 23.6 Å². The zero-order valence-corrected chi connectivity index (χ0v) is 22.7. The monoisotopic (exact) mass is 542 g/mol. The fourth-order valence-corrected chi connectivity index (χ4v) is 4.60. The van der Waals surface area contributed by atoms with Crippen molar-refractivity contribution in [1.82, 2.24) is 28.5 Å². The third kappa shape index (κ3) is 6.30. The topological polar surface area (TPSA) is 141 Å². The van der Waals surface area contributed by atoms with Crippen molar-refractivity contribution >= 4 is 23.1 Å². The SMILES string of the molecule is CCC1OC(=O)/C=C/C(=O)Oc2nc3c(c(=O)n(CCCC(C)(O)C#CCN4CCN(C)CC4)c(=O)n3C)n21. The Morgan fingerprint density at radius 3 is 2.49 bits per heavy atom. The summed E-state index contributed by atoms with van der Waals surface area (Å²) in [5, 5.41) is 10.8. The maximum atomic E-state index is 13.6. The Morgan fingerprint density at radius 1 is 1.10 bits per heavy atom. The molecule has 0 radical (unpaired) electrons. The van der Waals surface area contributed by atoms with Crippen molar-refractivity contribution in [1.29, 1.82) is 0 Å². The van der Waals surface area contributed by atoms with E-state index in [2.05, 4.69) is 33.7 Å². The number of cyclic esters (lactones) is 1. The van der Waals surface area contributed by atoms with Crippen molar-refractivity contribution in [3.8, 4) is 17.9 Å². The molecule has 210 valence electrons. The maximum absolute atomic E-state index is 13.6. The Bertz CT molecular complexity index is 1460. The molecule has 13 heteroatoms. The van der Waals surface area contributed by atoms with Gasteiger partial charge in [0, 0.05) is 58.3 Å². The van der Waals surface area contributed by atoms with Crippen LogP contribution in [0.15, 0.2) is 21.7 Å². The van der Waals surface area contributed by atoms with Crippen LogP contribution in [0.4, 0.5) is 0 Å². The van der Waals surface area contributed by atoms with E-state index in [4.69, 9.17) is 9.47 Å². The second-order valence-corrected chi connectivity index (χ2v) is 10.0. The molecule has 13 nitrogen and oxygen atoms in total. The van der Waals surface area contributed by atoms with Gasteiger partial charge in [0.2, 0.25) is 0 Å². The Morgan fingerprint density at radius 2 is 1.79 bits per heavy atom. The molecule has 1 fully saturated rings. The van der Waals surface area contributed by atoms with Gasteiger partial charge in [-0.2, -0.15) is 4.98 Å². The van der Waals surface area contributed by atoms with Crippen molar-refractivity contribution in [2.75, 3.05) is 39.8 Å². The molecule has 0 bridgehead atoms. The average Bonchev–Trinajstić information content (AvgIpc) is 3.28. The summed E-state index contributed by atoms with van der Waals surface area (Å²) in [4.78, 5) is 59.6. The average molecular weight is 543 g/mol. The third-order valence-electron chi connectivity index (χ3n) is 6.88. The van der Waals surface area contributed by atoms with E-state index in [-0.39, 0.29) is 36.6 Å². The highest BCUT2D eigenvalue weighted by molar-refractivity contribution is 5.93. The molecule has 0 saturated carbocycles. The summed E-state index contributed by atoms with van der Waals surface area (Å²) in [6.07, 6.45) is 1.62. The molecule has 2 aromatic rings. The number of carbonyl (C=O) groups is 2. The first-order chi connectivity index (χ1) is 18.5. The Kier molecular flexibility index (Phi) is 8.39.